The molecule has 0 aliphatic heterocycles. The number of furan rings is 1. The minimum Gasteiger partial charge on any atom is -0.497 e. The van der Waals surface area contributed by atoms with Gasteiger partial charge in [0.15, 0.2) is 5.76 Å². The van der Waals surface area contributed by atoms with E-state index in [0.29, 0.717) is 6.54 Å². The van der Waals surface area contributed by atoms with Gasteiger partial charge >= 0.3 is 5.97 Å². The van der Waals surface area contributed by atoms with E-state index < -0.39 is 11.9 Å². The smallest absolute Gasteiger partial charge is 0.338 e. The Morgan fingerprint density at radius 3 is 2.68 bits per heavy atom. The Bertz CT molecular complexity index is 774. The van der Waals surface area contributed by atoms with Crippen LogP contribution in [0.3, 0.4) is 0 Å². The fourth-order valence-corrected chi connectivity index (χ4v) is 3.48. The molecule has 0 atom stereocenters. The Labute approximate surface area is 145 Å². The van der Waals surface area contributed by atoms with Crippen molar-refractivity contribution in [1.29, 1.82) is 0 Å². The number of amides is 1. The van der Waals surface area contributed by atoms with Crippen molar-refractivity contribution in [2.24, 2.45) is 0 Å². The summed E-state index contributed by atoms with van der Waals surface area (Å²) < 4.78 is 10.4. The topological polar surface area (TPSA) is 88.8 Å². The van der Waals surface area contributed by atoms with E-state index in [2.05, 4.69) is 11.4 Å². The Kier molecular flexibility index (Phi) is 4.79. The highest BCUT2D eigenvalue weighted by molar-refractivity contribution is 5.95. The summed E-state index contributed by atoms with van der Waals surface area (Å²) in [5.74, 6) is -0.712. The number of carbonyl (C=O) groups excluding carboxylic acids is 1. The van der Waals surface area contributed by atoms with Crippen LogP contribution in [0.25, 0.3) is 0 Å². The maximum Gasteiger partial charge on any atom is 0.338 e. The molecule has 2 N–H and O–H groups in total. The lowest BCUT2D eigenvalue weighted by atomic mass is 9.78. The molecule has 0 saturated heterocycles. The summed E-state index contributed by atoms with van der Waals surface area (Å²) in [6, 6.07) is 9.19. The first kappa shape index (κ1) is 17.1. The number of carboxylic acid groups (broad SMARTS) is 1. The van der Waals surface area contributed by atoms with E-state index >= 15 is 0 Å². The van der Waals surface area contributed by atoms with Gasteiger partial charge in [-0.25, -0.2) is 4.79 Å². The minimum absolute atomic E-state index is 0.0104. The largest absolute Gasteiger partial charge is 0.497 e. The maximum atomic E-state index is 12.3. The average Bonchev–Trinajstić information content (AvgIpc) is 3.30. The maximum absolute atomic E-state index is 12.3. The van der Waals surface area contributed by atoms with Crippen LogP contribution >= 0.6 is 0 Å². The quantitative estimate of drug-likeness (QED) is 0.840. The highest BCUT2D eigenvalue weighted by Crippen LogP contribution is 2.41. The number of hydrogen-bond acceptors (Lipinski definition) is 4. The number of carbonyl (C=O) groups is 2. The second-order valence-corrected chi connectivity index (χ2v) is 6.41. The lowest BCUT2D eigenvalue weighted by Crippen LogP contribution is -2.39. The van der Waals surface area contributed by atoms with Crippen LogP contribution in [-0.4, -0.2) is 30.6 Å². The summed E-state index contributed by atoms with van der Waals surface area (Å²) in [4.78, 5) is 23.2. The summed E-state index contributed by atoms with van der Waals surface area (Å²) >= 11 is 0. The molecule has 1 aromatic carbocycles. The number of benzene rings is 1. The van der Waals surface area contributed by atoms with Crippen LogP contribution in [0.1, 0.15) is 52.2 Å². The summed E-state index contributed by atoms with van der Waals surface area (Å²) in [6.45, 7) is 0.474. The van der Waals surface area contributed by atoms with E-state index in [0.717, 1.165) is 43.3 Å². The predicted molar refractivity (Wildman–Crippen MR) is 91.1 cm³/mol. The standard InChI is InChI=1S/C19H21NO5/c1-24-15-6-4-5-14(10-15)19(7-2-3-8-19)12-20-17(21)16-9-13(11-25-16)18(22)23/h4-6,9-11H,2-3,7-8,12H2,1H3,(H,20,21)(H,22,23). The van der Waals surface area contributed by atoms with Gasteiger partial charge in [0, 0.05) is 18.0 Å². The van der Waals surface area contributed by atoms with Gasteiger partial charge in [-0.3, -0.25) is 4.79 Å². The molecule has 1 aliphatic carbocycles. The van der Waals surface area contributed by atoms with E-state index in [9.17, 15) is 9.59 Å². The van der Waals surface area contributed by atoms with Gasteiger partial charge in [0.25, 0.3) is 5.91 Å². The Morgan fingerprint density at radius 2 is 2.04 bits per heavy atom. The van der Waals surface area contributed by atoms with Gasteiger partial charge in [-0.1, -0.05) is 25.0 Å². The number of carboxylic acids is 1. The van der Waals surface area contributed by atoms with Crippen molar-refractivity contribution in [3.63, 3.8) is 0 Å². The van der Waals surface area contributed by atoms with Gasteiger partial charge in [-0.2, -0.15) is 0 Å². The van der Waals surface area contributed by atoms with Gasteiger partial charge in [0.05, 0.1) is 12.7 Å². The normalized spacial score (nSPS) is 15.7. The number of methoxy groups -OCH3 is 1. The van der Waals surface area contributed by atoms with E-state index in [1.54, 1.807) is 7.11 Å². The molecule has 0 unspecified atom stereocenters. The van der Waals surface area contributed by atoms with Crippen LogP contribution in [0, 0.1) is 0 Å². The van der Waals surface area contributed by atoms with Crippen molar-refractivity contribution in [1.82, 2.24) is 5.32 Å². The summed E-state index contributed by atoms with van der Waals surface area (Å²) in [7, 11) is 1.64. The molecule has 6 nitrogen and oxygen atoms in total. The van der Waals surface area contributed by atoms with Crippen LogP contribution < -0.4 is 10.1 Å². The lowest BCUT2D eigenvalue weighted by Gasteiger charge is -2.30. The molecular weight excluding hydrogens is 322 g/mol. The predicted octanol–water partition coefficient (Wildman–Crippen LogP) is 3.23. The van der Waals surface area contributed by atoms with Gasteiger partial charge in [0.1, 0.15) is 12.0 Å². The highest BCUT2D eigenvalue weighted by atomic mass is 16.5. The number of rotatable bonds is 6. The molecule has 0 radical (unpaired) electrons. The van der Waals surface area contributed by atoms with Gasteiger partial charge in [-0.05, 0) is 30.5 Å². The van der Waals surface area contributed by atoms with Crippen LogP contribution in [0.2, 0.25) is 0 Å². The molecule has 1 aromatic heterocycles. The fourth-order valence-electron chi connectivity index (χ4n) is 3.48. The molecule has 25 heavy (non-hydrogen) atoms. The molecule has 1 heterocycles. The SMILES string of the molecule is COc1cccc(C2(CNC(=O)c3cc(C(=O)O)co3)CCCC2)c1. The first-order valence-corrected chi connectivity index (χ1v) is 8.29. The number of aromatic carboxylic acids is 1. The zero-order valence-corrected chi connectivity index (χ0v) is 14.1. The zero-order valence-electron chi connectivity index (χ0n) is 14.1. The highest BCUT2D eigenvalue weighted by Gasteiger charge is 2.36. The Morgan fingerprint density at radius 1 is 1.28 bits per heavy atom. The molecule has 2 aromatic rings. The molecular formula is C19H21NO5. The molecule has 1 fully saturated rings. The minimum atomic E-state index is -1.12. The van der Waals surface area contributed by atoms with Gasteiger partial charge in [0.2, 0.25) is 0 Å². The summed E-state index contributed by atoms with van der Waals surface area (Å²) in [5.41, 5.74) is 0.982. The van der Waals surface area contributed by atoms with Crippen LogP contribution in [0.4, 0.5) is 0 Å². The summed E-state index contributed by atoms with van der Waals surface area (Å²) in [6.07, 6.45) is 5.26. The van der Waals surface area contributed by atoms with Crippen molar-refractivity contribution in [3.05, 3.63) is 53.5 Å². The van der Waals surface area contributed by atoms with Crippen molar-refractivity contribution < 1.29 is 23.8 Å². The van der Waals surface area contributed by atoms with Crippen LogP contribution in [0.15, 0.2) is 41.0 Å². The van der Waals surface area contributed by atoms with Crippen LogP contribution in [0.5, 0.6) is 5.75 Å². The second-order valence-electron chi connectivity index (χ2n) is 6.41. The number of ether oxygens (including phenoxy) is 1. The second kappa shape index (κ2) is 7.01. The first-order valence-electron chi connectivity index (χ1n) is 8.29. The van der Waals surface area contributed by atoms with E-state index in [-0.39, 0.29) is 16.7 Å². The van der Waals surface area contributed by atoms with E-state index in [1.807, 2.05) is 18.2 Å². The third kappa shape index (κ3) is 3.52. The fraction of sp³-hybridized carbons (Fsp3) is 0.368. The van der Waals surface area contributed by atoms with Crippen LogP contribution in [-0.2, 0) is 5.41 Å². The monoisotopic (exact) mass is 343 g/mol. The zero-order chi connectivity index (χ0) is 17.9. The Hall–Kier alpha value is -2.76. The molecule has 1 amide bonds. The molecule has 0 spiro atoms. The van der Waals surface area contributed by atoms with Crippen molar-refractivity contribution >= 4 is 11.9 Å². The molecule has 1 aliphatic rings. The summed E-state index contributed by atoms with van der Waals surface area (Å²) in [5, 5.41) is 11.8. The Balaban J connectivity index is 1.75. The number of hydrogen-bond donors (Lipinski definition) is 2. The molecule has 0 bridgehead atoms. The van der Waals surface area contributed by atoms with Crippen molar-refractivity contribution in [2.45, 2.75) is 31.1 Å². The van der Waals surface area contributed by atoms with Crippen molar-refractivity contribution in [2.75, 3.05) is 13.7 Å². The number of nitrogens with one attached hydrogen (secondary N) is 1. The van der Waals surface area contributed by atoms with Gasteiger partial charge < -0.3 is 19.6 Å². The first-order chi connectivity index (χ1) is 12.0. The third-order valence-corrected chi connectivity index (χ3v) is 4.90. The third-order valence-electron chi connectivity index (χ3n) is 4.90. The van der Waals surface area contributed by atoms with E-state index in [1.165, 1.54) is 6.07 Å². The lowest BCUT2D eigenvalue weighted by molar-refractivity contribution is 0.0695. The molecule has 3 rings (SSSR count). The molecule has 6 heteroatoms. The van der Waals surface area contributed by atoms with Gasteiger partial charge in [-0.15, -0.1) is 0 Å². The molecule has 132 valence electrons. The average molecular weight is 343 g/mol. The van der Waals surface area contributed by atoms with E-state index in [4.69, 9.17) is 14.3 Å². The van der Waals surface area contributed by atoms with Crippen molar-refractivity contribution in [3.8, 4) is 5.75 Å². The molecule has 1 saturated carbocycles.